The first-order valence-corrected chi connectivity index (χ1v) is 7.63. The summed E-state index contributed by atoms with van der Waals surface area (Å²) in [6, 6.07) is 8.81. The molecule has 1 fully saturated rings. The maximum Gasteiger partial charge on any atom is 0.257 e. The third-order valence-electron chi connectivity index (χ3n) is 4.04. The van der Waals surface area contributed by atoms with Crippen molar-refractivity contribution in [3.63, 3.8) is 0 Å². The number of anilines is 1. The summed E-state index contributed by atoms with van der Waals surface area (Å²) in [5.41, 5.74) is 1.94. The van der Waals surface area contributed by atoms with E-state index < -0.39 is 12.1 Å². The summed E-state index contributed by atoms with van der Waals surface area (Å²) >= 11 is 0. The SMILES string of the molecule is Cc1ccc([C@@H]2[C@@H](C(=O)Nc3cc(C)on3)OCC(=O)N2C)cc1. The number of likely N-dealkylation sites (N-methyl/N-ethyl adjacent to an activating group) is 1. The highest BCUT2D eigenvalue weighted by molar-refractivity contribution is 5.95. The first kappa shape index (κ1) is 16.2. The Morgan fingerprint density at radius 2 is 2.00 bits per heavy atom. The lowest BCUT2D eigenvalue weighted by Crippen LogP contribution is -2.51. The van der Waals surface area contributed by atoms with Crippen LogP contribution in [-0.2, 0) is 14.3 Å². The van der Waals surface area contributed by atoms with Crippen LogP contribution in [0.15, 0.2) is 34.9 Å². The molecule has 0 saturated carbocycles. The van der Waals surface area contributed by atoms with Crippen molar-refractivity contribution in [2.24, 2.45) is 0 Å². The van der Waals surface area contributed by atoms with Crippen LogP contribution in [0, 0.1) is 13.8 Å². The van der Waals surface area contributed by atoms with Crippen LogP contribution in [0.5, 0.6) is 0 Å². The highest BCUT2D eigenvalue weighted by Crippen LogP contribution is 2.30. The van der Waals surface area contributed by atoms with Gasteiger partial charge in [0.1, 0.15) is 12.4 Å². The van der Waals surface area contributed by atoms with E-state index in [0.717, 1.165) is 11.1 Å². The van der Waals surface area contributed by atoms with E-state index in [1.54, 1.807) is 24.9 Å². The Labute approximate surface area is 139 Å². The smallest absolute Gasteiger partial charge is 0.257 e. The molecule has 0 spiro atoms. The summed E-state index contributed by atoms with van der Waals surface area (Å²) in [4.78, 5) is 26.2. The summed E-state index contributed by atoms with van der Waals surface area (Å²) in [5.74, 6) is 0.385. The van der Waals surface area contributed by atoms with Crippen LogP contribution in [0.1, 0.15) is 22.9 Å². The molecular weight excluding hydrogens is 310 g/mol. The van der Waals surface area contributed by atoms with Crippen LogP contribution in [0.25, 0.3) is 0 Å². The number of hydrogen-bond donors (Lipinski definition) is 1. The Kier molecular flexibility index (Phi) is 4.35. The monoisotopic (exact) mass is 329 g/mol. The van der Waals surface area contributed by atoms with E-state index >= 15 is 0 Å². The number of rotatable bonds is 3. The first-order chi connectivity index (χ1) is 11.5. The van der Waals surface area contributed by atoms with Crippen LogP contribution in [0.3, 0.4) is 0 Å². The van der Waals surface area contributed by atoms with E-state index in [0.29, 0.717) is 11.6 Å². The molecule has 1 aliphatic rings. The maximum atomic E-state index is 12.6. The number of aromatic nitrogens is 1. The predicted octanol–water partition coefficient (Wildman–Crippen LogP) is 1.83. The minimum absolute atomic E-state index is 0.130. The van der Waals surface area contributed by atoms with Crippen molar-refractivity contribution in [2.75, 3.05) is 19.0 Å². The normalized spacial score (nSPS) is 21.0. The van der Waals surface area contributed by atoms with Gasteiger partial charge in [-0.05, 0) is 19.4 Å². The second-order valence-electron chi connectivity index (χ2n) is 5.90. The number of carbonyl (C=O) groups is 2. The zero-order chi connectivity index (χ0) is 17.3. The summed E-state index contributed by atoms with van der Waals surface area (Å²) in [6.07, 6.45) is -0.826. The van der Waals surface area contributed by atoms with E-state index in [-0.39, 0.29) is 18.4 Å². The van der Waals surface area contributed by atoms with Crippen LogP contribution in [0.4, 0.5) is 5.82 Å². The topological polar surface area (TPSA) is 84.7 Å². The Balaban J connectivity index is 1.86. The molecule has 2 amide bonds. The molecule has 7 heteroatoms. The fraction of sp³-hybridized carbons (Fsp3) is 0.353. The van der Waals surface area contributed by atoms with Gasteiger partial charge in [0.15, 0.2) is 11.9 Å². The van der Waals surface area contributed by atoms with Gasteiger partial charge in [0.25, 0.3) is 5.91 Å². The number of amides is 2. The van der Waals surface area contributed by atoms with Crippen molar-refractivity contribution in [3.05, 3.63) is 47.2 Å². The average Bonchev–Trinajstić information content (AvgIpc) is 2.96. The van der Waals surface area contributed by atoms with Crippen LogP contribution >= 0.6 is 0 Å². The number of ether oxygens (including phenoxy) is 1. The number of benzene rings is 1. The van der Waals surface area contributed by atoms with Gasteiger partial charge < -0.3 is 19.5 Å². The van der Waals surface area contributed by atoms with Crippen molar-refractivity contribution in [2.45, 2.75) is 26.0 Å². The molecule has 3 rings (SSSR count). The van der Waals surface area contributed by atoms with Crippen molar-refractivity contribution < 1.29 is 18.8 Å². The Hall–Kier alpha value is -2.67. The highest BCUT2D eigenvalue weighted by atomic mass is 16.5. The first-order valence-electron chi connectivity index (χ1n) is 7.63. The zero-order valence-electron chi connectivity index (χ0n) is 13.8. The summed E-state index contributed by atoms with van der Waals surface area (Å²) < 4.78 is 10.5. The number of hydrogen-bond acceptors (Lipinski definition) is 5. The third-order valence-corrected chi connectivity index (χ3v) is 4.04. The van der Waals surface area contributed by atoms with Gasteiger partial charge in [0.2, 0.25) is 5.91 Å². The van der Waals surface area contributed by atoms with Gasteiger partial charge in [-0.15, -0.1) is 0 Å². The molecule has 2 aromatic rings. The molecule has 2 atom stereocenters. The van der Waals surface area contributed by atoms with Crippen molar-refractivity contribution >= 4 is 17.6 Å². The maximum absolute atomic E-state index is 12.6. The van der Waals surface area contributed by atoms with Gasteiger partial charge >= 0.3 is 0 Å². The Morgan fingerprint density at radius 1 is 1.29 bits per heavy atom. The fourth-order valence-electron chi connectivity index (χ4n) is 2.72. The number of nitrogens with one attached hydrogen (secondary N) is 1. The number of carbonyl (C=O) groups excluding carboxylic acids is 2. The second-order valence-corrected chi connectivity index (χ2v) is 5.90. The van der Waals surface area contributed by atoms with Gasteiger partial charge in [-0.1, -0.05) is 35.0 Å². The van der Waals surface area contributed by atoms with Crippen LogP contribution in [0.2, 0.25) is 0 Å². The number of nitrogens with zero attached hydrogens (tertiary/aromatic N) is 2. The molecule has 1 N–H and O–H groups in total. The van der Waals surface area contributed by atoms with Gasteiger partial charge in [0.05, 0.1) is 6.04 Å². The lowest BCUT2D eigenvalue weighted by molar-refractivity contribution is -0.160. The number of aryl methyl sites for hydroxylation is 2. The van der Waals surface area contributed by atoms with Crippen LogP contribution < -0.4 is 5.32 Å². The van der Waals surface area contributed by atoms with Gasteiger partial charge in [0, 0.05) is 13.1 Å². The average molecular weight is 329 g/mol. The van der Waals surface area contributed by atoms with Crippen LogP contribution in [-0.4, -0.2) is 41.6 Å². The predicted molar refractivity (Wildman–Crippen MR) is 86.3 cm³/mol. The summed E-state index contributed by atoms with van der Waals surface area (Å²) in [7, 11) is 1.68. The summed E-state index contributed by atoms with van der Waals surface area (Å²) in [6.45, 7) is 3.59. The van der Waals surface area contributed by atoms with Crippen molar-refractivity contribution in [1.82, 2.24) is 10.1 Å². The molecule has 7 nitrogen and oxygen atoms in total. The Morgan fingerprint density at radius 3 is 2.62 bits per heavy atom. The molecule has 2 heterocycles. The molecule has 1 aliphatic heterocycles. The molecule has 0 bridgehead atoms. The lowest BCUT2D eigenvalue weighted by atomic mass is 9.97. The molecule has 0 unspecified atom stereocenters. The molecule has 0 aliphatic carbocycles. The molecule has 126 valence electrons. The molecular formula is C17H19N3O4. The minimum atomic E-state index is -0.826. The van der Waals surface area contributed by atoms with E-state index in [2.05, 4.69) is 10.5 Å². The minimum Gasteiger partial charge on any atom is -0.360 e. The van der Waals surface area contributed by atoms with E-state index in [1.807, 2.05) is 31.2 Å². The fourth-order valence-corrected chi connectivity index (χ4v) is 2.72. The van der Waals surface area contributed by atoms with E-state index in [9.17, 15) is 9.59 Å². The molecule has 1 aromatic carbocycles. The summed E-state index contributed by atoms with van der Waals surface area (Å²) in [5, 5.41) is 6.42. The van der Waals surface area contributed by atoms with E-state index in [4.69, 9.17) is 9.26 Å². The van der Waals surface area contributed by atoms with Gasteiger partial charge in [-0.25, -0.2) is 0 Å². The van der Waals surface area contributed by atoms with Gasteiger partial charge in [-0.2, -0.15) is 0 Å². The number of morpholine rings is 1. The lowest BCUT2D eigenvalue weighted by Gasteiger charge is -2.38. The molecule has 24 heavy (non-hydrogen) atoms. The largest absolute Gasteiger partial charge is 0.360 e. The zero-order valence-corrected chi connectivity index (χ0v) is 13.8. The molecule has 1 aromatic heterocycles. The standard InChI is InChI=1S/C17H19N3O4/c1-10-4-6-12(7-5-10)15-16(23-9-14(21)20(15)3)17(22)18-13-8-11(2)24-19-13/h4-8,15-16H,9H2,1-3H3,(H,18,19,22)/t15-,16+/m1/s1. The highest BCUT2D eigenvalue weighted by Gasteiger charge is 2.40. The molecule has 0 radical (unpaired) electrons. The van der Waals surface area contributed by atoms with Gasteiger partial charge in [-0.3, -0.25) is 9.59 Å². The Bertz CT molecular complexity index is 753. The van der Waals surface area contributed by atoms with E-state index in [1.165, 1.54) is 0 Å². The third kappa shape index (κ3) is 3.16. The van der Waals surface area contributed by atoms with Crippen molar-refractivity contribution in [1.29, 1.82) is 0 Å². The van der Waals surface area contributed by atoms with Crippen molar-refractivity contribution in [3.8, 4) is 0 Å². The molecule has 1 saturated heterocycles. The quantitative estimate of drug-likeness (QED) is 0.928. The second kappa shape index (κ2) is 6.45.